The lowest BCUT2D eigenvalue weighted by Crippen LogP contribution is -2.28. The van der Waals surface area contributed by atoms with Crippen molar-refractivity contribution in [3.8, 4) is 5.75 Å². The van der Waals surface area contributed by atoms with Gasteiger partial charge in [0.15, 0.2) is 12.3 Å². The van der Waals surface area contributed by atoms with Crippen molar-refractivity contribution in [1.29, 1.82) is 0 Å². The Balaban J connectivity index is 1.81. The summed E-state index contributed by atoms with van der Waals surface area (Å²) in [4.78, 5) is 35.9. The van der Waals surface area contributed by atoms with Crippen LogP contribution in [0.2, 0.25) is 0 Å². The maximum Gasteiger partial charge on any atom is 0.292 e. The molecule has 0 spiro atoms. The predicted molar refractivity (Wildman–Crippen MR) is 112 cm³/mol. The van der Waals surface area contributed by atoms with Crippen molar-refractivity contribution in [2.45, 2.75) is 20.4 Å². The molecule has 3 aromatic rings. The van der Waals surface area contributed by atoms with Crippen molar-refractivity contribution in [3.05, 3.63) is 70.1 Å². The fourth-order valence-electron chi connectivity index (χ4n) is 2.82. The van der Waals surface area contributed by atoms with Crippen molar-refractivity contribution in [2.24, 2.45) is 10.8 Å². The third-order valence-electron chi connectivity index (χ3n) is 4.36. The number of rotatable bonds is 7. The van der Waals surface area contributed by atoms with E-state index in [4.69, 9.17) is 10.5 Å². The lowest BCUT2D eigenvalue weighted by Gasteiger charge is -2.09. The fraction of sp³-hybridized carbons (Fsp3) is 0.190. The first-order chi connectivity index (χ1) is 14.4. The third-order valence-corrected chi connectivity index (χ3v) is 4.36. The molecule has 0 bridgehead atoms. The molecule has 9 heteroatoms. The Morgan fingerprint density at radius 2 is 1.80 bits per heavy atom. The van der Waals surface area contributed by atoms with Crippen LogP contribution >= 0.6 is 0 Å². The number of hydrogen-bond donors (Lipinski definition) is 2. The van der Waals surface area contributed by atoms with E-state index < -0.39 is 11.8 Å². The first kappa shape index (κ1) is 20.7. The number of hydrogen-bond acceptors (Lipinski definition) is 6. The van der Waals surface area contributed by atoms with Crippen LogP contribution in [0, 0.1) is 0 Å². The van der Waals surface area contributed by atoms with Gasteiger partial charge in [0.1, 0.15) is 5.75 Å². The molecule has 0 saturated carbocycles. The number of primary amides is 1. The summed E-state index contributed by atoms with van der Waals surface area (Å²) in [6.45, 7) is 3.65. The molecule has 154 valence electrons. The second-order valence-electron chi connectivity index (χ2n) is 6.43. The number of benzene rings is 2. The van der Waals surface area contributed by atoms with E-state index in [0.717, 1.165) is 5.56 Å². The number of carbonyl (C=O) groups excluding carboxylic acids is 2. The molecule has 3 rings (SSSR count). The number of aryl methyl sites for hydroxylation is 1. The minimum atomic E-state index is -0.560. The van der Waals surface area contributed by atoms with Gasteiger partial charge < -0.3 is 10.5 Å². The summed E-state index contributed by atoms with van der Waals surface area (Å²) in [6.07, 6.45) is 0. The summed E-state index contributed by atoms with van der Waals surface area (Å²) in [6, 6.07) is 13.7. The Morgan fingerprint density at radius 3 is 2.43 bits per heavy atom. The van der Waals surface area contributed by atoms with Gasteiger partial charge in [0.25, 0.3) is 17.4 Å². The minimum Gasteiger partial charge on any atom is -0.484 e. The first-order valence-corrected chi connectivity index (χ1v) is 9.26. The molecular weight excluding hydrogens is 386 g/mol. The van der Waals surface area contributed by atoms with Crippen LogP contribution in [0.3, 0.4) is 0 Å². The van der Waals surface area contributed by atoms with E-state index in [9.17, 15) is 14.4 Å². The Hall–Kier alpha value is -4.01. The molecule has 0 aliphatic heterocycles. The molecule has 9 nitrogen and oxygen atoms in total. The van der Waals surface area contributed by atoms with Gasteiger partial charge in [-0.05, 0) is 49.7 Å². The summed E-state index contributed by atoms with van der Waals surface area (Å²) >= 11 is 0. The second-order valence-corrected chi connectivity index (χ2v) is 6.43. The number of nitrogens with two attached hydrogens (primary N) is 1. The highest BCUT2D eigenvalue weighted by Crippen LogP contribution is 2.14. The summed E-state index contributed by atoms with van der Waals surface area (Å²) in [7, 11) is 0. The number of fused-ring (bicyclic) bond motifs is 1. The van der Waals surface area contributed by atoms with Gasteiger partial charge in [-0.3, -0.25) is 14.4 Å². The van der Waals surface area contributed by atoms with Gasteiger partial charge >= 0.3 is 0 Å². The standard InChI is InChI=1S/C21H21N5O4/c1-3-26-21(29)17-7-5-4-6-16(17)19(25-26)20(28)24-23-13(2)14-8-10-15(11-9-14)30-12-18(22)27/h4-11H,3,12H2,1-2H3,(H2,22,27)(H,24,28)/b23-13-. The molecular formula is C21H21N5O4. The van der Waals surface area contributed by atoms with E-state index in [-0.39, 0.29) is 17.9 Å². The van der Waals surface area contributed by atoms with Gasteiger partial charge in [-0.15, -0.1) is 0 Å². The molecule has 3 N–H and O–H groups in total. The monoisotopic (exact) mass is 407 g/mol. The molecule has 0 saturated heterocycles. The molecule has 0 aliphatic carbocycles. The lowest BCUT2D eigenvalue weighted by molar-refractivity contribution is -0.119. The topological polar surface area (TPSA) is 129 Å². The fourth-order valence-corrected chi connectivity index (χ4v) is 2.82. The van der Waals surface area contributed by atoms with Crippen molar-refractivity contribution in [2.75, 3.05) is 6.61 Å². The quantitative estimate of drug-likeness (QED) is 0.452. The maximum absolute atomic E-state index is 12.7. The zero-order valence-corrected chi connectivity index (χ0v) is 16.6. The number of ether oxygens (including phenoxy) is 1. The van der Waals surface area contributed by atoms with E-state index in [1.165, 1.54) is 4.68 Å². The van der Waals surface area contributed by atoms with E-state index in [1.807, 2.05) is 0 Å². The summed E-state index contributed by atoms with van der Waals surface area (Å²) in [5.74, 6) is -0.587. The normalized spacial score (nSPS) is 11.3. The zero-order chi connectivity index (χ0) is 21.7. The number of hydrazone groups is 1. The van der Waals surface area contributed by atoms with Gasteiger partial charge in [0.05, 0.1) is 11.1 Å². The van der Waals surface area contributed by atoms with Crippen LogP contribution in [0.4, 0.5) is 0 Å². The zero-order valence-electron chi connectivity index (χ0n) is 16.6. The first-order valence-electron chi connectivity index (χ1n) is 9.26. The minimum absolute atomic E-state index is 0.124. The average molecular weight is 407 g/mol. The SMILES string of the molecule is CCn1nc(C(=O)N/N=C(/C)c2ccc(OCC(N)=O)cc2)c2ccccc2c1=O. The molecule has 0 radical (unpaired) electrons. The van der Waals surface area contributed by atoms with Crippen LogP contribution in [0.25, 0.3) is 10.8 Å². The largest absolute Gasteiger partial charge is 0.484 e. The van der Waals surface area contributed by atoms with Crippen LogP contribution in [-0.4, -0.2) is 33.9 Å². The molecule has 0 unspecified atom stereocenters. The average Bonchev–Trinajstić information content (AvgIpc) is 2.76. The van der Waals surface area contributed by atoms with Crippen LogP contribution in [0.1, 0.15) is 29.9 Å². The van der Waals surface area contributed by atoms with Gasteiger partial charge in [-0.25, -0.2) is 10.1 Å². The van der Waals surface area contributed by atoms with Gasteiger partial charge in [-0.1, -0.05) is 18.2 Å². The highest BCUT2D eigenvalue weighted by Gasteiger charge is 2.16. The summed E-state index contributed by atoms with van der Waals surface area (Å²) < 4.78 is 6.46. The highest BCUT2D eigenvalue weighted by atomic mass is 16.5. The Morgan fingerprint density at radius 1 is 1.13 bits per heavy atom. The number of nitrogens with zero attached hydrogens (tertiary/aromatic N) is 3. The van der Waals surface area contributed by atoms with Crippen LogP contribution in [0.15, 0.2) is 58.4 Å². The third kappa shape index (κ3) is 4.52. The molecule has 1 heterocycles. The number of carbonyl (C=O) groups is 2. The number of aromatic nitrogens is 2. The molecule has 0 aliphatic rings. The number of amides is 2. The smallest absolute Gasteiger partial charge is 0.292 e. The predicted octanol–water partition coefficient (Wildman–Crippen LogP) is 1.43. The van der Waals surface area contributed by atoms with Crippen molar-refractivity contribution in [1.82, 2.24) is 15.2 Å². The van der Waals surface area contributed by atoms with Gasteiger partial charge in [0, 0.05) is 11.9 Å². The maximum atomic E-state index is 12.7. The molecule has 30 heavy (non-hydrogen) atoms. The highest BCUT2D eigenvalue weighted by molar-refractivity contribution is 6.06. The number of nitrogens with one attached hydrogen (secondary N) is 1. The van der Waals surface area contributed by atoms with E-state index >= 15 is 0 Å². The second kappa shape index (κ2) is 8.99. The van der Waals surface area contributed by atoms with Crippen molar-refractivity contribution >= 4 is 28.3 Å². The molecule has 2 aromatic carbocycles. The summed E-state index contributed by atoms with van der Waals surface area (Å²) in [5, 5.41) is 9.21. The molecule has 0 fully saturated rings. The lowest BCUT2D eigenvalue weighted by atomic mass is 10.1. The van der Waals surface area contributed by atoms with Crippen LogP contribution in [-0.2, 0) is 11.3 Å². The molecule has 2 amide bonds. The van der Waals surface area contributed by atoms with E-state index in [1.54, 1.807) is 62.4 Å². The van der Waals surface area contributed by atoms with E-state index in [0.29, 0.717) is 28.8 Å². The van der Waals surface area contributed by atoms with E-state index in [2.05, 4.69) is 15.6 Å². The van der Waals surface area contributed by atoms with Gasteiger partial charge in [0.2, 0.25) is 0 Å². The van der Waals surface area contributed by atoms with Crippen molar-refractivity contribution < 1.29 is 14.3 Å². The summed E-state index contributed by atoms with van der Waals surface area (Å²) in [5.41, 5.74) is 8.72. The molecule has 0 atom stereocenters. The Labute approximate surface area is 172 Å². The van der Waals surface area contributed by atoms with Crippen molar-refractivity contribution in [3.63, 3.8) is 0 Å². The molecule has 1 aromatic heterocycles. The van der Waals surface area contributed by atoms with Gasteiger partial charge in [-0.2, -0.15) is 10.2 Å². The van der Waals surface area contributed by atoms with Crippen LogP contribution in [0.5, 0.6) is 5.75 Å². The Kier molecular flexibility index (Phi) is 6.21. The Bertz CT molecular complexity index is 1180. The van der Waals surface area contributed by atoms with Crippen LogP contribution < -0.4 is 21.5 Å².